The van der Waals surface area contributed by atoms with E-state index in [-0.39, 0.29) is 49.3 Å². The van der Waals surface area contributed by atoms with E-state index in [4.69, 9.17) is 23.0 Å². The largest absolute Gasteiger partial charge is 0.461 e. The highest BCUT2D eigenvalue weighted by molar-refractivity contribution is 5.92. The third kappa shape index (κ3) is 8.23. The predicted molar refractivity (Wildman–Crippen MR) is 165 cm³/mol. The van der Waals surface area contributed by atoms with Crippen LogP contribution in [0.1, 0.15) is 60.7 Å². The van der Waals surface area contributed by atoms with Crippen molar-refractivity contribution in [1.82, 2.24) is 4.90 Å². The summed E-state index contributed by atoms with van der Waals surface area (Å²) < 4.78 is 28.1. The monoisotopic (exact) mass is 709 g/mol. The zero-order valence-corrected chi connectivity index (χ0v) is 25.8. The normalized spacial score (nSPS) is 14.2. The quantitative estimate of drug-likeness (QED) is 0.0745. The van der Waals surface area contributed by atoms with Gasteiger partial charge < -0.3 is 23.0 Å². The molecule has 3 heterocycles. The number of hydrogen-bond acceptors (Lipinski definition) is 17. The van der Waals surface area contributed by atoms with Gasteiger partial charge in [-0.1, -0.05) is 0 Å². The smallest absolute Gasteiger partial charge is 0.339 e. The topological polar surface area (TPSA) is 281 Å². The molecule has 1 fully saturated rings. The molecule has 0 spiro atoms. The molecule has 5 rings (SSSR count). The maximum atomic E-state index is 13.5. The zero-order valence-electron chi connectivity index (χ0n) is 25.8. The Morgan fingerprint density at radius 2 is 1.24 bits per heavy atom. The molecular weight excluding hydrogens is 686 g/mol. The summed E-state index contributed by atoms with van der Waals surface area (Å²) in [5.41, 5.74) is -3.91. The van der Waals surface area contributed by atoms with E-state index >= 15 is 0 Å². The first kappa shape index (κ1) is 35.4. The molecule has 21 nitrogen and oxygen atoms in total. The first-order valence-electron chi connectivity index (χ1n) is 14.6. The number of nitrogens with zero attached hydrogens (tertiary/aromatic N) is 5. The molecule has 2 aromatic carbocycles. The fourth-order valence-corrected chi connectivity index (χ4v) is 5.12. The van der Waals surface area contributed by atoms with E-state index in [1.54, 1.807) is 4.90 Å². The Balaban J connectivity index is 1.48. The fraction of sp³-hybridized carbons (Fsp3) is 0.233. The van der Waals surface area contributed by atoms with Crippen molar-refractivity contribution in [1.29, 1.82) is 0 Å². The summed E-state index contributed by atoms with van der Waals surface area (Å²) in [6, 6.07) is 8.99. The first-order chi connectivity index (χ1) is 24.3. The average Bonchev–Trinajstić information content (AvgIpc) is 3.80. The minimum absolute atomic E-state index is 0.0175. The Morgan fingerprint density at radius 3 is 1.73 bits per heavy atom. The van der Waals surface area contributed by atoms with Crippen LogP contribution in [-0.4, -0.2) is 69.1 Å². The Labute approximate surface area is 283 Å². The van der Waals surface area contributed by atoms with Crippen LogP contribution in [0.2, 0.25) is 0 Å². The summed E-state index contributed by atoms with van der Waals surface area (Å²) in [6.45, 7) is 0.402. The number of non-ortho nitro benzene ring substituents is 4. The van der Waals surface area contributed by atoms with Gasteiger partial charge >= 0.3 is 11.9 Å². The van der Waals surface area contributed by atoms with E-state index in [1.807, 2.05) is 0 Å². The van der Waals surface area contributed by atoms with Crippen LogP contribution in [0.4, 0.5) is 22.7 Å². The third-order valence-corrected chi connectivity index (χ3v) is 7.44. The summed E-state index contributed by atoms with van der Waals surface area (Å²) >= 11 is 0. The highest BCUT2D eigenvalue weighted by Crippen LogP contribution is 2.40. The van der Waals surface area contributed by atoms with Crippen LogP contribution in [-0.2, 0) is 20.8 Å². The number of furan rings is 2. The van der Waals surface area contributed by atoms with Gasteiger partial charge in [0, 0.05) is 37.4 Å². The zero-order chi connectivity index (χ0) is 36.8. The highest BCUT2D eigenvalue weighted by atomic mass is 16.6. The molecule has 0 bridgehead atoms. The average molecular weight is 710 g/mol. The molecule has 1 aliphatic rings. The van der Waals surface area contributed by atoms with Crippen molar-refractivity contribution in [3.63, 3.8) is 0 Å². The number of morpholine rings is 1. The van der Waals surface area contributed by atoms with Gasteiger partial charge in [0.1, 0.15) is 29.9 Å². The van der Waals surface area contributed by atoms with Gasteiger partial charge in [-0.25, -0.2) is 9.59 Å². The molecule has 0 N–H and O–H groups in total. The van der Waals surface area contributed by atoms with Gasteiger partial charge in [-0.3, -0.25) is 50.2 Å². The van der Waals surface area contributed by atoms with E-state index in [2.05, 4.69) is 0 Å². The van der Waals surface area contributed by atoms with E-state index in [9.17, 15) is 54.8 Å². The Hall–Kier alpha value is -6.87. The summed E-state index contributed by atoms with van der Waals surface area (Å²) in [5.74, 6) is -2.46. The van der Waals surface area contributed by atoms with Gasteiger partial charge in [0.25, 0.3) is 22.7 Å². The minimum Gasteiger partial charge on any atom is -0.461 e. The van der Waals surface area contributed by atoms with E-state index < -0.39 is 84.3 Å². The lowest BCUT2D eigenvalue weighted by Gasteiger charge is -2.36. The van der Waals surface area contributed by atoms with Crippen LogP contribution in [0, 0.1) is 40.5 Å². The predicted octanol–water partition coefficient (Wildman–Crippen LogP) is 4.65. The third-order valence-electron chi connectivity index (χ3n) is 7.44. The SMILES string of the molecule is O=Cc1ccc([C@@H](OC(=O)c2cc([N+](=O)[O-])cc([N+](=O)[O-])c2)[C@H](c2ccc(COC(=O)c3cc([N+](=O)[O-])cc([N+](=O)[O-])c3)o2)N2CCOCC2)o1. The van der Waals surface area contributed by atoms with Crippen LogP contribution in [0.3, 0.4) is 0 Å². The Bertz CT molecular complexity index is 1970. The lowest BCUT2D eigenvalue weighted by molar-refractivity contribution is -0.394. The molecule has 0 unspecified atom stereocenters. The molecule has 1 aliphatic heterocycles. The summed E-state index contributed by atoms with van der Waals surface area (Å²) in [7, 11) is 0. The van der Waals surface area contributed by atoms with Crippen molar-refractivity contribution in [3.05, 3.63) is 135 Å². The molecule has 0 saturated carbocycles. The van der Waals surface area contributed by atoms with Crippen molar-refractivity contribution in [2.75, 3.05) is 26.3 Å². The number of ether oxygens (including phenoxy) is 3. The van der Waals surface area contributed by atoms with Gasteiger partial charge in [-0.2, -0.15) is 0 Å². The number of carbonyl (C=O) groups is 3. The molecule has 0 radical (unpaired) electrons. The number of benzene rings is 2. The van der Waals surface area contributed by atoms with Crippen LogP contribution in [0.15, 0.2) is 69.5 Å². The van der Waals surface area contributed by atoms with Crippen molar-refractivity contribution >= 4 is 41.0 Å². The van der Waals surface area contributed by atoms with Crippen molar-refractivity contribution in [3.8, 4) is 0 Å². The number of esters is 2. The van der Waals surface area contributed by atoms with Gasteiger partial charge in [0.05, 0.1) is 56.2 Å². The second kappa shape index (κ2) is 15.1. The lowest BCUT2D eigenvalue weighted by Crippen LogP contribution is -2.42. The standard InChI is InChI=1S/C30H23N5O16/c36-15-23-1-4-26(49-23)28(51-30(38)18-11-21(34(43)44)14-22(12-18)35(45)46)27(31-5-7-47-8-6-31)25-3-2-24(50-25)16-48-29(37)17-9-19(32(39)40)13-20(10-17)33(41)42/h1-4,9-15,27-28H,5-8,16H2/t27-,28+/m0/s1. The first-order valence-corrected chi connectivity index (χ1v) is 14.6. The van der Waals surface area contributed by atoms with Gasteiger partial charge in [-0.15, -0.1) is 0 Å². The summed E-state index contributed by atoms with van der Waals surface area (Å²) in [5, 5.41) is 45.4. The van der Waals surface area contributed by atoms with Crippen LogP contribution >= 0.6 is 0 Å². The molecule has 0 aliphatic carbocycles. The van der Waals surface area contributed by atoms with Crippen LogP contribution in [0.5, 0.6) is 0 Å². The summed E-state index contributed by atoms with van der Waals surface area (Å²) in [6.07, 6.45) is -1.06. The van der Waals surface area contributed by atoms with Gasteiger partial charge in [0.2, 0.25) is 0 Å². The molecule has 2 aromatic heterocycles. The maximum Gasteiger partial charge on any atom is 0.339 e. The number of hydrogen-bond donors (Lipinski definition) is 0. The number of nitro benzene ring substituents is 4. The molecule has 4 aromatic rings. The molecule has 51 heavy (non-hydrogen) atoms. The minimum atomic E-state index is -1.45. The van der Waals surface area contributed by atoms with Crippen LogP contribution < -0.4 is 0 Å². The molecule has 264 valence electrons. The fourth-order valence-electron chi connectivity index (χ4n) is 5.12. The van der Waals surface area contributed by atoms with Gasteiger partial charge in [-0.05, 0) is 24.3 Å². The van der Waals surface area contributed by atoms with Gasteiger partial charge in [0.15, 0.2) is 18.2 Å². The molecule has 1 saturated heterocycles. The number of nitro groups is 4. The van der Waals surface area contributed by atoms with Crippen LogP contribution in [0.25, 0.3) is 0 Å². The lowest BCUT2D eigenvalue weighted by atomic mass is 10.0. The van der Waals surface area contributed by atoms with Crippen molar-refractivity contribution < 1.29 is 57.1 Å². The number of carbonyl (C=O) groups excluding carboxylic acids is 3. The Kier molecular flexibility index (Phi) is 10.5. The second-order valence-corrected chi connectivity index (χ2v) is 10.7. The molecular formula is C30H23N5O16. The van der Waals surface area contributed by atoms with E-state index in [0.717, 1.165) is 24.3 Å². The van der Waals surface area contributed by atoms with E-state index in [1.165, 1.54) is 24.3 Å². The van der Waals surface area contributed by atoms with Crippen molar-refractivity contribution in [2.45, 2.75) is 18.8 Å². The maximum absolute atomic E-state index is 13.5. The van der Waals surface area contributed by atoms with E-state index in [0.29, 0.717) is 18.4 Å². The number of aldehydes is 1. The highest BCUT2D eigenvalue weighted by Gasteiger charge is 2.39. The Morgan fingerprint density at radius 1 is 0.725 bits per heavy atom. The van der Waals surface area contributed by atoms with Crippen molar-refractivity contribution in [2.24, 2.45) is 0 Å². The second-order valence-electron chi connectivity index (χ2n) is 10.7. The molecule has 0 amide bonds. The molecule has 21 heteroatoms. The molecule has 2 atom stereocenters. The summed E-state index contributed by atoms with van der Waals surface area (Å²) in [4.78, 5) is 81.3. The number of rotatable bonds is 14.